The molecule has 0 bridgehead atoms. The van der Waals surface area contributed by atoms with Crippen LogP contribution in [0.25, 0.3) is 17.0 Å². The fraction of sp³-hybridized carbons (Fsp3) is 0.200. The van der Waals surface area contributed by atoms with Crippen LogP contribution in [0.5, 0.6) is 0 Å². The number of hydrogen-bond acceptors (Lipinski definition) is 5. The van der Waals surface area contributed by atoms with Gasteiger partial charge in [-0.2, -0.15) is 4.57 Å². The lowest BCUT2D eigenvalue weighted by molar-refractivity contribution is -0.672. The Hall–Kier alpha value is -2.80. The topological polar surface area (TPSA) is 53.7 Å². The number of ether oxygens (including phenoxy) is 1. The zero-order valence-electron chi connectivity index (χ0n) is 17.7. The number of aromatic nitrogens is 1. The molecule has 3 aromatic rings. The van der Waals surface area contributed by atoms with Gasteiger partial charge in [0.2, 0.25) is 5.52 Å². The first kappa shape index (κ1) is 22.4. The molecular formula is C25H24ClN2O3S+. The van der Waals surface area contributed by atoms with Crippen LogP contribution in [0.2, 0.25) is 5.02 Å². The standard InChI is InChI=1S/C25H24ClN2O3S/c1-18(30)31-16-14-27-12-11-19(21-6-2-3-7-22(21)27)5-4-8-25-28(13-15-29)23-17-20(26)9-10-24(23)32-25/h2-12,17,29H,13-16H2,1H3/q+1. The summed E-state index contributed by atoms with van der Waals surface area (Å²) in [6.45, 7) is 2.93. The zero-order valence-corrected chi connectivity index (χ0v) is 19.3. The van der Waals surface area contributed by atoms with E-state index in [1.54, 1.807) is 11.8 Å². The van der Waals surface area contributed by atoms with Gasteiger partial charge in [-0.15, -0.1) is 0 Å². The summed E-state index contributed by atoms with van der Waals surface area (Å²) in [5.74, 6) is -0.271. The second-order valence-corrected chi connectivity index (χ2v) is 8.77. The van der Waals surface area contributed by atoms with Gasteiger partial charge in [-0.05, 0) is 35.9 Å². The number of carbonyl (C=O) groups is 1. The molecule has 5 nitrogen and oxygen atoms in total. The van der Waals surface area contributed by atoms with E-state index >= 15 is 0 Å². The minimum absolute atomic E-state index is 0.0598. The number of rotatable bonds is 7. The summed E-state index contributed by atoms with van der Waals surface area (Å²) >= 11 is 7.84. The highest BCUT2D eigenvalue weighted by Crippen LogP contribution is 2.46. The molecule has 32 heavy (non-hydrogen) atoms. The quantitative estimate of drug-likeness (QED) is 0.399. The van der Waals surface area contributed by atoms with Crippen molar-refractivity contribution < 1.29 is 19.2 Å². The molecule has 0 aliphatic carbocycles. The van der Waals surface area contributed by atoms with E-state index in [1.807, 2.05) is 42.6 Å². The number of fused-ring (bicyclic) bond motifs is 2. The molecule has 7 heteroatoms. The van der Waals surface area contributed by atoms with E-state index in [-0.39, 0.29) is 12.6 Å². The van der Waals surface area contributed by atoms with Crippen molar-refractivity contribution in [1.29, 1.82) is 0 Å². The lowest BCUT2D eigenvalue weighted by Gasteiger charge is -2.18. The highest BCUT2D eigenvalue weighted by molar-refractivity contribution is 8.03. The maximum absolute atomic E-state index is 11.1. The number of β-amino-alcohol motifs (C(OH)–C–C–N with tert-alkyl or cyclic N) is 1. The largest absolute Gasteiger partial charge is 0.459 e. The molecule has 2 heterocycles. The maximum atomic E-state index is 11.1. The van der Waals surface area contributed by atoms with Crippen LogP contribution < -0.4 is 9.47 Å². The van der Waals surface area contributed by atoms with Gasteiger partial charge in [0.25, 0.3) is 0 Å². The second kappa shape index (κ2) is 10.2. The summed E-state index contributed by atoms with van der Waals surface area (Å²) in [6.07, 6.45) is 8.19. The summed E-state index contributed by atoms with van der Waals surface area (Å²) in [4.78, 5) is 14.3. The first-order valence-electron chi connectivity index (χ1n) is 10.4. The van der Waals surface area contributed by atoms with Gasteiger partial charge >= 0.3 is 5.97 Å². The lowest BCUT2D eigenvalue weighted by Crippen LogP contribution is -2.36. The number of halogens is 1. The summed E-state index contributed by atoms with van der Waals surface area (Å²) in [5, 5.41) is 12.4. The molecule has 0 saturated heterocycles. The fourth-order valence-corrected chi connectivity index (χ4v) is 4.95. The van der Waals surface area contributed by atoms with Gasteiger partial charge in [0.05, 0.1) is 22.7 Å². The molecule has 2 aromatic carbocycles. The SMILES string of the molecule is CC(=O)OCC[n+]1ccc(/C=C/C=C2\Sc3ccc(Cl)cc3N2CCO)c2ccccc21. The molecular weight excluding hydrogens is 444 g/mol. The molecule has 4 rings (SSSR count). The van der Waals surface area contributed by atoms with E-state index in [2.05, 4.69) is 39.8 Å². The van der Waals surface area contributed by atoms with Crippen LogP contribution >= 0.6 is 23.4 Å². The average molecular weight is 468 g/mol. The van der Waals surface area contributed by atoms with Crippen molar-refractivity contribution in [2.24, 2.45) is 0 Å². The summed E-state index contributed by atoms with van der Waals surface area (Å²) < 4.78 is 7.18. The number of hydrogen-bond donors (Lipinski definition) is 1. The van der Waals surface area contributed by atoms with Crippen LogP contribution in [0.1, 0.15) is 12.5 Å². The second-order valence-electron chi connectivity index (χ2n) is 7.28. The van der Waals surface area contributed by atoms with Gasteiger partial charge in [-0.25, -0.2) is 0 Å². The Morgan fingerprint density at radius 2 is 2.09 bits per heavy atom. The highest BCUT2D eigenvalue weighted by atomic mass is 35.5. The number of esters is 1. The molecule has 0 amide bonds. The van der Waals surface area contributed by atoms with E-state index in [4.69, 9.17) is 16.3 Å². The molecule has 0 radical (unpaired) electrons. The van der Waals surface area contributed by atoms with Gasteiger partial charge in [0.15, 0.2) is 19.3 Å². The Morgan fingerprint density at radius 1 is 1.25 bits per heavy atom. The van der Waals surface area contributed by atoms with Crippen molar-refractivity contribution >= 4 is 52.0 Å². The average Bonchev–Trinajstić information content (AvgIpc) is 3.11. The molecule has 0 atom stereocenters. The molecule has 0 unspecified atom stereocenters. The molecule has 1 aromatic heterocycles. The number of para-hydroxylation sites is 1. The van der Waals surface area contributed by atoms with Crippen molar-refractivity contribution in [3.63, 3.8) is 0 Å². The Labute approximate surface area is 196 Å². The third-order valence-electron chi connectivity index (χ3n) is 5.13. The van der Waals surface area contributed by atoms with Crippen LogP contribution in [0.3, 0.4) is 0 Å². The first-order valence-corrected chi connectivity index (χ1v) is 11.5. The van der Waals surface area contributed by atoms with Gasteiger partial charge in [-0.3, -0.25) is 4.79 Å². The Bertz CT molecular complexity index is 1210. The zero-order chi connectivity index (χ0) is 22.5. The summed E-state index contributed by atoms with van der Waals surface area (Å²) in [7, 11) is 0. The van der Waals surface area contributed by atoms with Crippen LogP contribution in [0.4, 0.5) is 5.69 Å². The van der Waals surface area contributed by atoms with Gasteiger partial charge in [-0.1, -0.05) is 47.6 Å². The Morgan fingerprint density at radius 3 is 2.91 bits per heavy atom. The normalized spacial score (nSPS) is 14.5. The molecule has 1 N–H and O–H groups in total. The third kappa shape index (κ3) is 4.99. The molecule has 0 spiro atoms. The Balaban J connectivity index is 1.59. The third-order valence-corrected chi connectivity index (χ3v) is 6.49. The fourth-order valence-electron chi connectivity index (χ4n) is 3.70. The van der Waals surface area contributed by atoms with E-state index in [0.29, 0.717) is 24.7 Å². The van der Waals surface area contributed by atoms with Gasteiger partial charge in [0, 0.05) is 35.5 Å². The van der Waals surface area contributed by atoms with Crippen molar-refractivity contribution in [3.05, 3.63) is 82.5 Å². The van der Waals surface area contributed by atoms with Crippen LogP contribution in [0, 0.1) is 0 Å². The number of allylic oxidation sites excluding steroid dienone is 2. The minimum Gasteiger partial charge on any atom is -0.459 e. The van der Waals surface area contributed by atoms with E-state index in [1.165, 1.54) is 6.92 Å². The van der Waals surface area contributed by atoms with Crippen molar-refractivity contribution in [3.8, 4) is 0 Å². The maximum Gasteiger partial charge on any atom is 0.302 e. The number of pyridine rings is 1. The van der Waals surface area contributed by atoms with E-state index in [0.717, 1.165) is 32.1 Å². The number of nitrogens with zero attached hydrogens (tertiary/aromatic N) is 2. The van der Waals surface area contributed by atoms with E-state index < -0.39 is 0 Å². The monoisotopic (exact) mass is 467 g/mol. The van der Waals surface area contributed by atoms with Crippen molar-refractivity contribution in [2.75, 3.05) is 24.7 Å². The number of aliphatic hydroxyl groups excluding tert-OH is 1. The smallest absolute Gasteiger partial charge is 0.302 e. The lowest BCUT2D eigenvalue weighted by atomic mass is 10.1. The molecule has 1 aliphatic heterocycles. The van der Waals surface area contributed by atoms with E-state index in [9.17, 15) is 9.90 Å². The molecule has 1 aliphatic rings. The van der Waals surface area contributed by atoms with Crippen LogP contribution in [0.15, 0.2) is 76.8 Å². The Kier molecular flexibility index (Phi) is 7.15. The van der Waals surface area contributed by atoms with Crippen molar-refractivity contribution in [1.82, 2.24) is 0 Å². The highest BCUT2D eigenvalue weighted by Gasteiger charge is 2.24. The van der Waals surface area contributed by atoms with Crippen LogP contribution in [-0.4, -0.2) is 30.8 Å². The summed E-state index contributed by atoms with van der Waals surface area (Å²) in [6, 6.07) is 16.1. The van der Waals surface area contributed by atoms with Crippen LogP contribution in [-0.2, 0) is 16.1 Å². The van der Waals surface area contributed by atoms with Crippen molar-refractivity contribution in [2.45, 2.75) is 18.4 Å². The number of thioether (sulfide) groups is 1. The molecule has 0 fully saturated rings. The number of benzene rings is 2. The first-order chi connectivity index (χ1) is 15.6. The number of anilines is 1. The predicted octanol–water partition coefficient (Wildman–Crippen LogP) is 4.80. The van der Waals surface area contributed by atoms with Gasteiger partial charge < -0.3 is 14.7 Å². The molecule has 0 saturated carbocycles. The number of aliphatic hydroxyl groups is 1. The molecule has 164 valence electrons. The van der Waals surface area contributed by atoms with Gasteiger partial charge in [0.1, 0.15) is 0 Å². The number of carbonyl (C=O) groups excluding carboxylic acids is 1. The summed E-state index contributed by atoms with van der Waals surface area (Å²) in [5.41, 5.74) is 3.20. The minimum atomic E-state index is -0.271. The predicted molar refractivity (Wildman–Crippen MR) is 130 cm³/mol.